The minimum absolute atomic E-state index is 0.612. The van der Waals surface area contributed by atoms with Crippen molar-refractivity contribution in [1.29, 1.82) is 0 Å². The topological polar surface area (TPSA) is 24.1 Å². The molecule has 0 aliphatic heterocycles. The maximum atomic E-state index is 5.43. The largest absolute Gasteiger partial charge is 0.332 e. The van der Waals surface area contributed by atoms with E-state index in [4.69, 9.17) is 12.2 Å². The van der Waals surface area contributed by atoms with Gasteiger partial charge in [-0.2, -0.15) is 0 Å². The van der Waals surface area contributed by atoms with Gasteiger partial charge in [-0.3, -0.25) is 0 Å². The van der Waals surface area contributed by atoms with Crippen molar-refractivity contribution in [2.24, 2.45) is 0 Å². The number of halogens is 1. The van der Waals surface area contributed by atoms with Gasteiger partial charge in [-0.25, -0.2) is 0 Å². The molecule has 2 aromatic carbocycles. The van der Waals surface area contributed by atoms with Gasteiger partial charge in [0.25, 0.3) is 0 Å². The molecule has 0 aromatic heterocycles. The molecular formula is C17H19BrN2S. The van der Waals surface area contributed by atoms with Crippen LogP contribution in [0.3, 0.4) is 0 Å². The fourth-order valence-electron chi connectivity index (χ4n) is 2.14. The van der Waals surface area contributed by atoms with Crippen LogP contribution >= 0.6 is 28.1 Å². The first kappa shape index (κ1) is 16.0. The standard InChI is InChI=1S/C17H19BrN2S/c1-4-13-10-14(18)8-9-16(13)20-17(21)19-15-7-5-6-11(2)12(15)3/h5-10H,4H2,1-3H3,(H2,19,20,21). The summed E-state index contributed by atoms with van der Waals surface area (Å²) in [6.07, 6.45) is 0.952. The molecule has 2 N–H and O–H groups in total. The van der Waals surface area contributed by atoms with Gasteiger partial charge in [-0.05, 0) is 73.4 Å². The summed E-state index contributed by atoms with van der Waals surface area (Å²) in [5, 5.41) is 7.17. The van der Waals surface area contributed by atoms with Crippen LogP contribution in [0, 0.1) is 13.8 Å². The summed E-state index contributed by atoms with van der Waals surface area (Å²) in [5.74, 6) is 0. The number of thiocarbonyl (C=S) groups is 1. The summed E-state index contributed by atoms with van der Waals surface area (Å²) in [6, 6.07) is 12.3. The first-order chi connectivity index (χ1) is 10.0. The number of nitrogens with one attached hydrogen (secondary N) is 2. The summed E-state index contributed by atoms with van der Waals surface area (Å²) in [4.78, 5) is 0. The van der Waals surface area contributed by atoms with Crippen molar-refractivity contribution < 1.29 is 0 Å². The molecule has 0 spiro atoms. The van der Waals surface area contributed by atoms with E-state index in [1.165, 1.54) is 16.7 Å². The van der Waals surface area contributed by atoms with Crippen molar-refractivity contribution in [2.45, 2.75) is 27.2 Å². The molecule has 21 heavy (non-hydrogen) atoms. The smallest absolute Gasteiger partial charge is 0.175 e. The lowest BCUT2D eigenvalue weighted by Gasteiger charge is -2.16. The van der Waals surface area contributed by atoms with Crippen LogP contribution in [0.1, 0.15) is 23.6 Å². The van der Waals surface area contributed by atoms with Crippen molar-refractivity contribution in [2.75, 3.05) is 10.6 Å². The van der Waals surface area contributed by atoms with Crippen molar-refractivity contribution in [1.82, 2.24) is 0 Å². The van der Waals surface area contributed by atoms with Gasteiger partial charge in [0.2, 0.25) is 0 Å². The number of aryl methyl sites for hydroxylation is 2. The quantitative estimate of drug-likeness (QED) is 0.711. The van der Waals surface area contributed by atoms with Crippen LogP contribution in [0.4, 0.5) is 11.4 Å². The minimum Gasteiger partial charge on any atom is -0.332 e. The van der Waals surface area contributed by atoms with Gasteiger partial charge in [-0.1, -0.05) is 35.0 Å². The Morgan fingerprint density at radius 2 is 1.81 bits per heavy atom. The highest BCUT2D eigenvalue weighted by Gasteiger charge is 2.06. The van der Waals surface area contributed by atoms with E-state index in [2.05, 4.69) is 59.5 Å². The lowest BCUT2D eigenvalue weighted by molar-refractivity contribution is 1.14. The Balaban J connectivity index is 2.14. The third-order valence-electron chi connectivity index (χ3n) is 3.55. The number of benzene rings is 2. The van der Waals surface area contributed by atoms with Crippen LogP contribution in [-0.2, 0) is 6.42 Å². The van der Waals surface area contributed by atoms with E-state index in [9.17, 15) is 0 Å². The fraction of sp³-hybridized carbons (Fsp3) is 0.235. The number of hydrogen-bond donors (Lipinski definition) is 2. The summed E-state index contributed by atoms with van der Waals surface area (Å²) < 4.78 is 1.08. The highest BCUT2D eigenvalue weighted by molar-refractivity contribution is 9.10. The molecule has 0 saturated carbocycles. The maximum absolute atomic E-state index is 5.43. The molecular weight excluding hydrogens is 344 g/mol. The van der Waals surface area contributed by atoms with Gasteiger partial charge in [0.05, 0.1) is 0 Å². The second kappa shape index (κ2) is 7.05. The summed E-state index contributed by atoms with van der Waals surface area (Å²) in [5.41, 5.74) is 5.79. The number of anilines is 2. The van der Waals surface area contributed by atoms with E-state index < -0.39 is 0 Å². The van der Waals surface area contributed by atoms with Crippen LogP contribution in [-0.4, -0.2) is 5.11 Å². The third kappa shape index (κ3) is 4.05. The van der Waals surface area contributed by atoms with Crippen LogP contribution in [0.15, 0.2) is 40.9 Å². The predicted molar refractivity (Wildman–Crippen MR) is 99.3 cm³/mol. The molecule has 110 valence electrons. The average molecular weight is 363 g/mol. The zero-order valence-corrected chi connectivity index (χ0v) is 14.9. The van der Waals surface area contributed by atoms with Crippen LogP contribution in [0.25, 0.3) is 0 Å². The van der Waals surface area contributed by atoms with Crippen molar-refractivity contribution in [3.8, 4) is 0 Å². The second-order valence-electron chi connectivity index (χ2n) is 4.98. The predicted octanol–water partition coefficient (Wildman–Crippen LogP) is 5.44. The summed E-state index contributed by atoms with van der Waals surface area (Å²) in [7, 11) is 0. The van der Waals surface area contributed by atoms with Gasteiger partial charge in [-0.15, -0.1) is 0 Å². The van der Waals surface area contributed by atoms with Crippen molar-refractivity contribution >= 4 is 44.6 Å². The van der Waals surface area contributed by atoms with E-state index in [0.29, 0.717) is 5.11 Å². The Bertz CT molecular complexity index is 668. The molecule has 2 nitrogen and oxygen atoms in total. The van der Waals surface area contributed by atoms with Gasteiger partial charge in [0.1, 0.15) is 0 Å². The van der Waals surface area contributed by atoms with Crippen molar-refractivity contribution in [3.63, 3.8) is 0 Å². The molecule has 0 fully saturated rings. The molecule has 2 aromatic rings. The molecule has 0 saturated heterocycles. The molecule has 0 bridgehead atoms. The molecule has 4 heteroatoms. The van der Waals surface area contributed by atoms with Gasteiger partial charge >= 0.3 is 0 Å². The third-order valence-corrected chi connectivity index (χ3v) is 4.25. The highest BCUT2D eigenvalue weighted by atomic mass is 79.9. The Morgan fingerprint density at radius 3 is 2.52 bits per heavy atom. The first-order valence-electron chi connectivity index (χ1n) is 6.94. The summed E-state index contributed by atoms with van der Waals surface area (Å²) >= 11 is 8.93. The number of hydrogen-bond acceptors (Lipinski definition) is 1. The van der Waals surface area contributed by atoms with E-state index in [1.54, 1.807) is 0 Å². The van der Waals surface area contributed by atoms with Crippen LogP contribution in [0.2, 0.25) is 0 Å². The molecule has 2 rings (SSSR count). The SMILES string of the molecule is CCc1cc(Br)ccc1NC(=S)Nc1cccc(C)c1C. The Morgan fingerprint density at radius 1 is 1.10 bits per heavy atom. The number of rotatable bonds is 3. The maximum Gasteiger partial charge on any atom is 0.175 e. The second-order valence-corrected chi connectivity index (χ2v) is 6.31. The monoisotopic (exact) mass is 362 g/mol. The molecule has 0 heterocycles. The zero-order valence-electron chi connectivity index (χ0n) is 12.5. The van der Waals surface area contributed by atoms with Crippen LogP contribution in [0.5, 0.6) is 0 Å². The molecule has 0 aliphatic rings. The average Bonchev–Trinajstić information content (AvgIpc) is 2.45. The Labute approximate surface area is 140 Å². The molecule has 0 aliphatic carbocycles. The fourth-order valence-corrected chi connectivity index (χ4v) is 2.77. The minimum atomic E-state index is 0.612. The van der Waals surface area contributed by atoms with Gasteiger partial charge in [0.15, 0.2) is 5.11 Å². The van der Waals surface area contributed by atoms with Gasteiger partial charge in [0, 0.05) is 15.8 Å². The zero-order chi connectivity index (χ0) is 15.4. The molecule has 0 amide bonds. The highest BCUT2D eigenvalue weighted by Crippen LogP contribution is 2.23. The summed E-state index contributed by atoms with van der Waals surface area (Å²) in [6.45, 7) is 6.33. The molecule has 0 radical (unpaired) electrons. The Kier molecular flexibility index (Phi) is 5.37. The lowest BCUT2D eigenvalue weighted by atomic mass is 10.1. The van der Waals surface area contributed by atoms with E-state index in [-0.39, 0.29) is 0 Å². The molecule has 0 atom stereocenters. The van der Waals surface area contributed by atoms with E-state index >= 15 is 0 Å². The molecule has 0 unspecified atom stereocenters. The van der Waals surface area contributed by atoms with Crippen LogP contribution < -0.4 is 10.6 Å². The van der Waals surface area contributed by atoms with Gasteiger partial charge < -0.3 is 10.6 Å². The van der Waals surface area contributed by atoms with E-state index in [1.807, 2.05) is 24.3 Å². The van der Waals surface area contributed by atoms with E-state index in [0.717, 1.165) is 22.3 Å². The Hall–Kier alpha value is -1.39. The lowest BCUT2D eigenvalue weighted by Crippen LogP contribution is -2.20. The normalized spacial score (nSPS) is 10.3. The van der Waals surface area contributed by atoms with Crippen molar-refractivity contribution in [3.05, 3.63) is 57.6 Å². The first-order valence-corrected chi connectivity index (χ1v) is 8.14.